The molecule has 0 bridgehead atoms. The maximum atomic E-state index is 14.6. The SMILES string of the molecule is COC(=O)C(COCc1cccc(OCCOS(=O)(=O)c2ccc(C)cc2)c1)NC(=O)Cn1cc(COc2ccc3nc(S(=O)(=O)NC(c4ccccc4)(c4ccc(OC)cc4)c4ccc(OC)cc4)sc3c2)nn1. The smallest absolute Gasteiger partial charge is 0.330 e. The van der Waals surface area contributed by atoms with Gasteiger partial charge >= 0.3 is 5.97 Å². The molecule has 2 N–H and O–H groups in total. The molecule has 75 heavy (non-hydrogen) atoms. The molecule has 8 aromatic rings. The van der Waals surface area contributed by atoms with E-state index < -0.39 is 43.6 Å². The monoisotopic (exact) mass is 1080 g/mol. The van der Waals surface area contributed by atoms with Gasteiger partial charge < -0.3 is 33.7 Å². The van der Waals surface area contributed by atoms with E-state index in [-0.39, 0.29) is 48.8 Å². The molecule has 0 aliphatic heterocycles. The van der Waals surface area contributed by atoms with Crippen molar-refractivity contribution < 1.29 is 59.0 Å². The fourth-order valence-electron chi connectivity index (χ4n) is 7.81. The second-order valence-corrected chi connectivity index (χ2v) is 21.2. The molecule has 19 nitrogen and oxygen atoms in total. The molecule has 0 radical (unpaired) electrons. The Labute approximate surface area is 437 Å². The number of sulfonamides is 1. The molecule has 1 unspecified atom stereocenters. The maximum Gasteiger partial charge on any atom is 0.330 e. The summed E-state index contributed by atoms with van der Waals surface area (Å²) in [7, 11) is -3.95. The highest BCUT2D eigenvalue weighted by atomic mass is 32.2. The Morgan fingerprint density at radius 1 is 0.707 bits per heavy atom. The molecule has 0 aliphatic rings. The number of ether oxygens (including phenoxy) is 6. The highest BCUT2D eigenvalue weighted by molar-refractivity contribution is 7.91. The molecule has 8 rings (SSSR count). The summed E-state index contributed by atoms with van der Waals surface area (Å²) in [6.07, 6.45) is 1.51. The first-order valence-corrected chi connectivity index (χ1v) is 26.8. The molecule has 22 heteroatoms. The van der Waals surface area contributed by atoms with Gasteiger partial charge in [-0.15, -0.1) is 16.4 Å². The lowest BCUT2D eigenvalue weighted by atomic mass is 9.78. The topological polar surface area (TPSA) is 235 Å². The summed E-state index contributed by atoms with van der Waals surface area (Å²) in [5.74, 6) is 0.757. The molecule has 1 amide bonds. The zero-order valence-corrected chi connectivity index (χ0v) is 43.5. The highest BCUT2D eigenvalue weighted by Gasteiger charge is 2.42. The average molecular weight is 1080 g/mol. The number of nitrogens with one attached hydrogen (secondary N) is 2. The molecule has 2 aromatic heterocycles. The van der Waals surface area contributed by atoms with Crippen LogP contribution in [0.3, 0.4) is 0 Å². The van der Waals surface area contributed by atoms with Crippen molar-refractivity contribution >= 4 is 53.6 Å². The molecule has 0 spiro atoms. The fourth-order valence-corrected chi connectivity index (χ4v) is 11.3. The molecule has 6 aromatic carbocycles. The van der Waals surface area contributed by atoms with Gasteiger partial charge in [-0.3, -0.25) is 8.98 Å². The van der Waals surface area contributed by atoms with Gasteiger partial charge in [-0.05, 0) is 95.9 Å². The molecule has 0 saturated heterocycles. The Morgan fingerprint density at radius 3 is 2.03 bits per heavy atom. The Kier molecular flexibility index (Phi) is 17.2. The zero-order chi connectivity index (χ0) is 53.0. The van der Waals surface area contributed by atoms with Crippen molar-refractivity contribution in [3.05, 3.63) is 185 Å². The van der Waals surface area contributed by atoms with E-state index in [1.807, 2.05) is 61.5 Å². The van der Waals surface area contributed by atoms with Crippen molar-refractivity contribution in [3.63, 3.8) is 0 Å². The van der Waals surface area contributed by atoms with Crippen molar-refractivity contribution in [2.45, 2.75) is 47.5 Å². The van der Waals surface area contributed by atoms with E-state index in [1.165, 1.54) is 30.1 Å². The number of hydrogen-bond acceptors (Lipinski definition) is 17. The average Bonchev–Trinajstić information content (AvgIpc) is 4.09. The van der Waals surface area contributed by atoms with E-state index in [2.05, 4.69) is 25.3 Å². The maximum absolute atomic E-state index is 14.6. The molecule has 390 valence electrons. The van der Waals surface area contributed by atoms with Crippen LogP contribution in [-0.2, 0) is 68.7 Å². The van der Waals surface area contributed by atoms with Crippen LogP contribution in [-0.4, -0.2) is 95.9 Å². The van der Waals surface area contributed by atoms with E-state index in [9.17, 15) is 26.4 Å². The lowest BCUT2D eigenvalue weighted by Gasteiger charge is -2.36. The predicted molar refractivity (Wildman–Crippen MR) is 276 cm³/mol. The molecule has 2 heterocycles. The number of esters is 1. The summed E-state index contributed by atoms with van der Waals surface area (Å²) in [5.41, 5.74) is 2.94. The minimum Gasteiger partial charge on any atom is -0.497 e. The van der Waals surface area contributed by atoms with Gasteiger partial charge in [0.2, 0.25) is 10.2 Å². The van der Waals surface area contributed by atoms with Gasteiger partial charge in [0.15, 0.2) is 6.04 Å². The van der Waals surface area contributed by atoms with Crippen LogP contribution in [0.2, 0.25) is 0 Å². The van der Waals surface area contributed by atoms with Crippen molar-refractivity contribution in [2.75, 3.05) is 41.2 Å². The summed E-state index contributed by atoms with van der Waals surface area (Å²) >= 11 is 0.981. The van der Waals surface area contributed by atoms with Crippen LogP contribution in [0, 0.1) is 6.92 Å². The van der Waals surface area contributed by atoms with E-state index in [1.54, 1.807) is 93.1 Å². The number of hydrogen-bond donors (Lipinski definition) is 2. The highest BCUT2D eigenvalue weighted by Crippen LogP contribution is 2.40. The van der Waals surface area contributed by atoms with E-state index >= 15 is 0 Å². The number of benzene rings is 6. The third kappa shape index (κ3) is 13.3. The van der Waals surface area contributed by atoms with Crippen LogP contribution in [0.5, 0.6) is 23.0 Å². The summed E-state index contributed by atoms with van der Waals surface area (Å²) < 4.78 is 97.2. The van der Waals surface area contributed by atoms with Gasteiger partial charge in [0.05, 0.1) is 55.9 Å². The van der Waals surface area contributed by atoms with Crippen LogP contribution < -0.4 is 29.0 Å². The van der Waals surface area contributed by atoms with Crippen molar-refractivity contribution in [3.8, 4) is 23.0 Å². The molecule has 0 aliphatic carbocycles. The Balaban J connectivity index is 0.859. The Morgan fingerprint density at radius 2 is 1.36 bits per heavy atom. The third-order valence-corrected chi connectivity index (χ3v) is 15.7. The number of aromatic nitrogens is 4. The fraction of sp³-hybridized carbons (Fsp3) is 0.226. The first kappa shape index (κ1) is 53.6. The quantitative estimate of drug-likeness (QED) is 0.0262. The zero-order valence-electron chi connectivity index (χ0n) is 41.1. The molecule has 0 fully saturated rings. The van der Waals surface area contributed by atoms with Crippen molar-refractivity contribution in [1.29, 1.82) is 0 Å². The summed E-state index contributed by atoms with van der Waals surface area (Å²) in [4.78, 5) is 30.3. The number of carbonyl (C=O) groups is 2. The van der Waals surface area contributed by atoms with Crippen LogP contribution in [0.4, 0.5) is 0 Å². The Hall–Kier alpha value is -7.73. The lowest BCUT2D eigenvalue weighted by molar-refractivity contribution is -0.147. The minimum atomic E-state index is -4.33. The number of fused-ring (bicyclic) bond motifs is 1. The van der Waals surface area contributed by atoms with Gasteiger partial charge in [0.25, 0.3) is 20.1 Å². The van der Waals surface area contributed by atoms with E-state index in [0.29, 0.717) is 61.2 Å². The first-order valence-electron chi connectivity index (χ1n) is 23.1. The number of methoxy groups -OCH3 is 3. The molecule has 1 atom stereocenters. The molecular weight excluding hydrogens is 1020 g/mol. The van der Waals surface area contributed by atoms with Gasteiger partial charge in [0, 0.05) is 0 Å². The Bertz CT molecular complexity index is 3400. The van der Waals surface area contributed by atoms with Crippen molar-refractivity contribution in [2.24, 2.45) is 0 Å². The van der Waals surface area contributed by atoms with Crippen LogP contribution in [0.1, 0.15) is 33.5 Å². The minimum absolute atomic E-state index is 0.0379. The number of nitrogens with zero attached hydrogens (tertiary/aromatic N) is 4. The predicted octanol–water partition coefficient (Wildman–Crippen LogP) is 6.72. The van der Waals surface area contributed by atoms with Gasteiger partial charge in [-0.2, -0.15) is 13.1 Å². The van der Waals surface area contributed by atoms with Crippen LogP contribution in [0.15, 0.2) is 161 Å². The van der Waals surface area contributed by atoms with E-state index in [0.717, 1.165) is 16.9 Å². The largest absolute Gasteiger partial charge is 0.497 e. The van der Waals surface area contributed by atoms with Crippen LogP contribution >= 0.6 is 11.3 Å². The second-order valence-electron chi connectivity index (χ2n) is 16.7. The van der Waals surface area contributed by atoms with Gasteiger partial charge in [-0.1, -0.05) is 89.6 Å². The summed E-state index contributed by atoms with van der Waals surface area (Å²) in [5, 5.41) is 10.8. The van der Waals surface area contributed by atoms with Crippen molar-refractivity contribution in [1.82, 2.24) is 30.0 Å². The van der Waals surface area contributed by atoms with Gasteiger partial charge in [0.1, 0.15) is 60.6 Å². The molecule has 0 saturated carbocycles. The third-order valence-electron chi connectivity index (χ3n) is 11.6. The number of rotatable bonds is 25. The summed E-state index contributed by atoms with van der Waals surface area (Å²) in [6.45, 7) is 1.09. The van der Waals surface area contributed by atoms with Crippen LogP contribution in [0.25, 0.3) is 10.2 Å². The van der Waals surface area contributed by atoms with Gasteiger partial charge in [-0.25, -0.2) is 22.9 Å². The second kappa shape index (κ2) is 24.1. The number of carbonyl (C=O) groups excluding carboxylic acids is 2. The number of amides is 1. The summed E-state index contributed by atoms with van der Waals surface area (Å²) in [6, 6.07) is 40.7. The first-order chi connectivity index (χ1) is 36.2. The molecular formula is C53H52N6O13S3. The standard InChI is InChI=1S/C53H52N6O13S3/c1-36-13-24-46(25-14-36)75(64,65)72-28-27-70-44-12-8-9-37(29-44)33-69-35-48(51(61)68-4)54-50(60)32-59-31-41(56-58-59)34-71-45-23-26-47-49(30-45)73-52(55-47)74(62,63)57-53(38-10-6-5-7-11-38,39-15-19-42(66-2)20-16-39)40-17-21-43(67-3)22-18-40/h5-26,29-31,48,57H,27-28,32-35H2,1-4H3,(H,54,60). The van der Waals surface area contributed by atoms with E-state index in [4.69, 9.17) is 32.6 Å². The normalized spacial score (nSPS) is 12.2. The lowest BCUT2D eigenvalue weighted by Crippen LogP contribution is -2.47. The number of aryl methyl sites for hydroxylation is 1. The number of thiazole rings is 1.